The molecule has 0 fully saturated rings. The molecule has 4 heteroatoms. The van der Waals surface area contributed by atoms with Crippen molar-refractivity contribution in [3.05, 3.63) is 29.8 Å². The summed E-state index contributed by atoms with van der Waals surface area (Å²) in [6.45, 7) is 5.14. The Kier molecular flexibility index (Phi) is 4.20. The minimum atomic E-state index is -0.156. The minimum Gasteiger partial charge on any atom is -0.377 e. The standard InChI is InChI=1S/C14H20N2O2/c1-3-18-10(2)9-15-14(17)13-8-11-6-4-5-7-12(11)16-13/h4-7,10,13,16H,3,8-9H2,1-2H3,(H,15,17). The molecule has 0 spiro atoms. The highest BCUT2D eigenvalue weighted by molar-refractivity contribution is 5.87. The number of hydrogen-bond acceptors (Lipinski definition) is 3. The van der Waals surface area contributed by atoms with Gasteiger partial charge >= 0.3 is 0 Å². The molecule has 1 amide bonds. The van der Waals surface area contributed by atoms with E-state index in [1.807, 2.05) is 32.0 Å². The first-order chi connectivity index (χ1) is 8.70. The normalized spacial score (nSPS) is 18.9. The van der Waals surface area contributed by atoms with E-state index in [4.69, 9.17) is 4.74 Å². The maximum atomic E-state index is 12.0. The molecule has 0 bridgehead atoms. The molecule has 4 nitrogen and oxygen atoms in total. The van der Waals surface area contributed by atoms with Crippen molar-refractivity contribution in [2.45, 2.75) is 32.4 Å². The first kappa shape index (κ1) is 12.9. The minimum absolute atomic E-state index is 0.0396. The molecule has 0 saturated heterocycles. The molecule has 0 aromatic heterocycles. The molecule has 0 radical (unpaired) electrons. The lowest BCUT2D eigenvalue weighted by Gasteiger charge is -2.15. The number of nitrogens with one attached hydrogen (secondary N) is 2. The average Bonchev–Trinajstić information content (AvgIpc) is 2.80. The van der Waals surface area contributed by atoms with Gasteiger partial charge in [-0.25, -0.2) is 0 Å². The maximum Gasteiger partial charge on any atom is 0.242 e. The van der Waals surface area contributed by atoms with Gasteiger partial charge in [-0.2, -0.15) is 0 Å². The molecular weight excluding hydrogens is 228 g/mol. The third-order valence-corrected chi connectivity index (χ3v) is 3.10. The zero-order valence-corrected chi connectivity index (χ0v) is 10.9. The van der Waals surface area contributed by atoms with Crippen molar-refractivity contribution in [3.63, 3.8) is 0 Å². The monoisotopic (exact) mass is 248 g/mol. The van der Waals surface area contributed by atoms with E-state index in [0.717, 1.165) is 12.1 Å². The molecule has 1 aliphatic heterocycles. The van der Waals surface area contributed by atoms with Crippen LogP contribution in [-0.4, -0.2) is 31.2 Å². The van der Waals surface area contributed by atoms with E-state index in [-0.39, 0.29) is 18.1 Å². The molecule has 98 valence electrons. The molecule has 18 heavy (non-hydrogen) atoms. The second kappa shape index (κ2) is 5.87. The molecule has 1 heterocycles. The summed E-state index contributed by atoms with van der Waals surface area (Å²) < 4.78 is 5.38. The largest absolute Gasteiger partial charge is 0.377 e. The van der Waals surface area contributed by atoms with Gasteiger partial charge in [0.05, 0.1) is 6.10 Å². The number of rotatable bonds is 5. The van der Waals surface area contributed by atoms with Gasteiger partial charge in [-0.1, -0.05) is 18.2 Å². The van der Waals surface area contributed by atoms with E-state index in [1.54, 1.807) is 0 Å². The van der Waals surface area contributed by atoms with Gasteiger partial charge in [0.2, 0.25) is 5.91 Å². The highest BCUT2D eigenvalue weighted by Crippen LogP contribution is 2.24. The fourth-order valence-corrected chi connectivity index (χ4v) is 2.17. The van der Waals surface area contributed by atoms with E-state index < -0.39 is 0 Å². The molecule has 1 aromatic rings. The van der Waals surface area contributed by atoms with Gasteiger partial charge in [0.25, 0.3) is 0 Å². The number of hydrogen-bond donors (Lipinski definition) is 2. The van der Waals surface area contributed by atoms with E-state index in [0.29, 0.717) is 13.2 Å². The Labute approximate surface area is 108 Å². The Morgan fingerprint density at radius 3 is 3.06 bits per heavy atom. The Morgan fingerprint density at radius 2 is 2.33 bits per heavy atom. The summed E-state index contributed by atoms with van der Waals surface area (Å²) in [5, 5.41) is 6.15. The fourth-order valence-electron chi connectivity index (χ4n) is 2.17. The summed E-state index contributed by atoms with van der Waals surface area (Å²) in [5.74, 6) is 0.0396. The summed E-state index contributed by atoms with van der Waals surface area (Å²) in [5.41, 5.74) is 2.27. The Bertz CT molecular complexity index is 395. The van der Waals surface area contributed by atoms with Crippen LogP contribution < -0.4 is 10.6 Å². The quantitative estimate of drug-likeness (QED) is 0.831. The molecule has 1 aromatic carbocycles. The summed E-state index contributed by atoms with van der Waals surface area (Å²) >= 11 is 0. The van der Waals surface area contributed by atoms with Gasteiger partial charge in [0, 0.05) is 25.3 Å². The maximum absolute atomic E-state index is 12.0. The summed E-state index contributed by atoms with van der Waals surface area (Å²) in [6.07, 6.45) is 0.813. The van der Waals surface area contributed by atoms with Crippen molar-refractivity contribution in [3.8, 4) is 0 Å². The van der Waals surface area contributed by atoms with Crippen LogP contribution in [0.5, 0.6) is 0 Å². The second-order valence-electron chi connectivity index (χ2n) is 4.57. The lowest BCUT2D eigenvalue weighted by Crippen LogP contribution is -2.41. The van der Waals surface area contributed by atoms with Crippen molar-refractivity contribution in [2.75, 3.05) is 18.5 Å². The van der Waals surface area contributed by atoms with Crippen LogP contribution in [-0.2, 0) is 16.0 Å². The number of fused-ring (bicyclic) bond motifs is 1. The van der Waals surface area contributed by atoms with Gasteiger partial charge < -0.3 is 15.4 Å². The highest BCUT2D eigenvalue weighted by Gasteiger charge is 2.26. The van der Waals surface area contributed by atoms with Crippen molar-refractivity contribution >= 4 is 11.6 Å². The molecule has 0 saturated carbocycles. The van der Waals surface area contributed by atoms with Crippen molar-refractivity contribution in [1.29, 1.82) is 0 Å². The fraction of sp³-hybridized carbons (Fsp3) is 0.500. The summed E-state index contributed by atoms with van der Waals surface area (Å²) in [4.78, 5) is 12.0. The third-order valence-electron chi connectivity index (χ3n) is 3.10. The van der Waals surface area contributed by atoms with Crippen LogP contribution >= 0.6 is 0 Å². The number of carbonyl (C=O) groups excluding carboxylic acids is 1. The van der Waals surface area contributed by atoms with Crippen LogP contribution in [0.25, 0.3) is 0 Å². The van der Waals surface area contributed by atoms with Gasteiger partial charge in [-0.05, 0) is 25.5 Å². The Morgan fingerprint density at radius 1 is 1.56 bits per heavy atom. The highest BCUT2D eigenvalue weighted by atomic mass is 16.5. The molecular formula is C14H20N2O2. The van der Waals surface area contributed by atoms with Crippen LogP contribution in [0.15, 0.2) is 24.3 Å². The van der Waals surface area contributed by atoms with Crippen molar-refractivity contribution in [1.82, 2.24) is 5.32 Å². The summed E-state index contributed by atoms with van der Waals surface area (Å²) in [6, 6.07) is 7.88. The molecule has 2 rings (SSSR count). The summed E-state index contributed by atoms with van der Waals surface area (Å²) in [7, 11) is 0. The van der Waals surface area contributed by atoms with Crippen LogP contribution in [0.4, 0.5) is 5.69 Å². The van der Waals surface area contributed by atoms with Crippen LogP contribution in [0.3, 0.4) is 0 Å². The average molecular weight is 248 g/mol. The van der Waals surface area contributed by atoms with Crippen LogP contribution in [0.1, 0.15) is 19.4 Å². The lowest BCUT2D eigenvalue weighted by atomic mass is 10.1. The lowest BCUT2D eigenvalue weighted by molar-refractivity contribution is -0.122. The Balaban J connectivity index is 1.82. The SMILES string of the molecule is CCOC(C)CNC(=O)C1Cc2ccccc2N1. The smallest absolute Gasteiger partial charge is 0.242 e. The van der Waals surface area contributed by atoms with E-state index >= 15 is 0 Å². The molecule has 2 N–H and O–H groups in total. The van der Waals surface area contributed by atoms with E-state index in [2.05, 4.69) is 16.7 Å². The number of anilines is 1. The molecule has 2 unspecified atom stereocenters. The number of ether oxygens (including phenoxy) is 1. The van der Waals surface area contributed by atoms with Gasteiger partial charge in [0.1, 0.15) is 6.04 Å². The third kappa shape index (κ3) is 3.01. The van der Waals surface area contributed by atoms with Crippen LogP contribution in [0, 0.1) is 0 Å². The van der Waals surface area contributed by atoms with Gasteiger partial charge in [0.15, 0.2) is 0 Å². The van der Waals surface area contributed by atoms with Crippen molar-refractivity contribution in [2.24, 2.45) is 0 Å². The second-order valence-corrected chi connectivity index (χ2v) is 4.57. The first-order valence-electron chi connectivity index (χ1n) is 6.44. The zero-order chi connectivity index (χ0) is 13.0. The predicted molar refractivity (Wildman–Crippen MR) is 71.7 cm³/mol. The molecule has 0 aliphatic carbocycles. The number of benzene rings is 1. The number of amides is 1. The number of para-hydroxylation sites is 1. The first-order valence-corrected chi connectivity index (χ1v) is 6.44. The van der Waals surface area contributed by atoms with E-state index in [1.165, 1.54) is 5.56 Å². The van der Waals surface area contributed by atoms with Crippen molar-refractivity contribution < 1.29 is 9.53 Å². The topological polar surface area (TPSA) is 50.4 Å². The van der Waals surface area contributed by atoms with Crippen LogP contribution in [0.2, 0.25) is 0 Å². The Hall–Kier alpha value is -1.55. The van der Waals surface area contributed by atoms with E-state index in [9.17, 15) is 4.79 Å². The zero-order valence-electron chi connectivity index (χ0n) is 10.9. The molecule has 1 aliphatic rings. The van der Waals surface area contributed by atoms with Gasteiger partial charge in [-0.3, -0.25) is 4.79 Å². The molecule has 2 atom stereocenters. The number of carbonyl (C=O) groups is 1. The van der Waals surface area contributed by atoms with Gasteiger partial charge in [-0.15, -0.1) is 0 Å². The predicted octanol–water partition coefficient (Wildman–Crippen LogP) is 1.56.